The average molecular weight is 404 g/mol. The van der Waals surface area contributed by atoms with Crippen molar-refractivity contribution in [1.82, 2.24) is 0 Å². The molecule has 0 spiro atoms. The van der Waals surface area contributed by atoms with Crippen LogP contribution in [-0.4, -0.2) is 32.8 Å². The maximum atomic E-state index is 12.8. The van der Waals surface area contributed by atoms with Gasteiger partial charge >= 0.3 is 6.09 Å². The Morgan fingerprint density at radius 2 is 1.75 bits per heavy atom. The standard InChI is InChI=1S/C21H25NO5S/c1-15-9-11-18(12-10-15)28(24,25)26-14-17-13-16-7-5-6-8-19(16)22(17)20(23)27-21(2,3)4/h5-12,17H,13-14H2,1-4H3. The number of aryl methyl sites for hydroxylation is 1. The number of carbonyl (C=O) groups excluding carboxylic acids is 1. The molecule has 0 aliphatic carbocycles. The van der Waals surface area contributed by atoms with Crippen LogP contribution in [0.2, 0.25) is 0 Å². The van der Waals surface area contributed by atoms with Crippen LogP contribution in [0.15, 0.2) is 53.4 Å². The Hall–Kier alpha value is -2.38. The largest absolute Gasteiger partial charge is 0.443 e. The predicted octanol–water partition coefficient (Wildman–Crippen LogP) is 4.07. The molecule has 28 heavy (non-hydrogen) atoms. The zero-order valence-corrected chi connectivity index (χ0v) is 17.3. The number of anilines is 1. The van der Waals surface area contributed by atoms with Crippen molar-refractivity contribution in [3.8, 4) is 0 Å². The van der Waals surface area contributed by atoms with E-state index in [-0.39, 0.29) is 11.5 Å². The highest BCUT2D eigenvalue weighted by Gasteiger charge is 2.37. The second-order valence-corrected chi connectivity index (χ2v) is 9.50. The van der Waals surface area contributed by atoms with Crippen molar-refractivity contribution in [2.75, 3.05) is 11.5 Å². The first-order valence-electron chi connectivity index (χ1n) is 9.13. The number of carbonyl (C=O) groups is 1. The van der Waals surface area contributed by atoms with Gasteiger partial charge in [-0.1, -0.05) is 35.9 Å². The van der Waals surface area contributed by atoms with Gasteiger partial charge < -0.3 is 4.74 Å². The number of para-hydroxylation sites is 1. The summed E-state index contributed by atoms with van der Waals surface area (Å²) < 4.78 is 35.9. The van der Waals surface area contributed by atoms with Gasteiger partial charge in [-0.05, 0) is 57.9 Å². The van der Waals surface area contributed by atoms with Gasteiger partial charge in [0.1, 0.15) is 5.60 Å². The Kier molecular flexibility index (Phi) is 5.50. The summed E-state index contributed by atoms with van der Waals surface area (Å²) >= 11 is 0. The lowest BCUT2D eigenvalue weighted by molar-refractivity contribution is 0.0560. The summed E-state index contributed by atoms with van der Waals surface area (Å²) in [5.41, 5.74) is 1.97. The van der Waals surface area contributed by atoms with Crippen molar-refractivity contribution in [2.45, 2.75) is 50.7 Å². The minimum Gasteiger partial charge on any atom is -0.443 e. The number of benzene rings is 2. The van der Waals surface area contributed by atoms with Gasteiger partial charge in [0, 0.05) is 0 Å². The zero-order chi connectivity index (χ0) is 20.5. The number of ether oxygens (including phenoxy) is 1. The molecule has 0 saturated heterocycles. The van der Waals surface area contributed by atoms with E-state index >= 15 is 0 Å². The minimum atomic E-state index is -3.91. The van der Waals surface area contributed by atoms with Crippen LogP contribution in [-0.2, 0) is 25.5 Å². The molecule has 1 amide bonds. The fraction of sp³-hybridized carbons (Fsp3) is 0.381. The highest BCUT2D eigenvalue weighted by atomic mass is 32.2. The van der Waals surface area contributed by atoms with Crippen LogP contribution in [0.4, 0.5) is 10.5 Å². The summed E-state index contributed by atoms with van der Waals surface area (Å²) in [5.74, 6) is 0. The molecule has 1 atom stereocenters. The quantitative estimate of drug-likeness (QED) is 0.720. The molecule has 7 heteroatoms. The number of hydrogen-bond acceptors (Lipinski definition) is 5. The summed E-state index contributed by atoms with van der Waals surface area (Å²) in [6.45, 7) is 7.11. The maximum Gasteiger partial charge on any atom is 0.415 e. The Morgan fingerprint density at radius 1 is 1.11 bits per heavy atom. The molecule has 0 bridgehead atoms. The number of rotatable bonds is 4. The lowest BCUT2D eigenvalue weighted by Crippen LogP contribution is -2.44. The van der Waals surface area contributed by atoms with Crippen molar-refractivity contribution in [2.24, 2.45) is 0 Å². The number of fused-ring (bicyclic) bond motifs is 1. The van der Waals surface area contributed by atoms with E-state index in [1.165, 1.54) is 17.0 Å². The smallest absolute Gasteiger partial charge is 0.415 e. The van der Waals surface area contributed by atoms with Crippen molar-refractivity contribution < 1.29 is 22.1 Å². The van der Waals surface area contributed by atoms with Crippen LogP contribution >= 0.6 is 0 Å². The number of hydrogen-bond donors (Lipinski definition) is 0. The second kappa shape index (κ2) is 7.56. The predicted molar refractivity (Wildman–Crippen MR) is 107 cm³/mol. The SMILES string of the molecule is Cc1ccc(S(=O)(=O)OCC2Cc3ccccc3N2C(=O)OC(C)(C)C)cc1. The van der Waals surface area contributed by atoms with Crippen molar-refractivity contribution in [3.05, 3.63) is 59.7 Å². The van der Waals surface area contributed by atoms with E-state index in [0.717, 1.165) is 16.8 Å². The minimum absolute atomic E-state index is 0.0948. The summed E-state index contributed by atoms with van der Waals surface area (Å²) in [6.07, 6.45) is -0.0162. The topological polar surface area (TPSA) is 72.9 Å². The third kappa shape index (κ3) is 4.54. The maximum absolute atomic E-state index is 12.8. The first kappa shape index (κ1) is 20.4. The molecule has 1 unspecified atom stereocenters. The fourth-order valence-electron chi connectivity index (χ4n) is 3.09. The highest BCUT2D eigenvalue weighted by molar-refractivity contribution is 7.86. The van der Waals surface area contributed by atoms with Gasteiger partial charge in [-0.15, -0.1) is 0 Å². The Bertz CT molecular complexity index is 961. The molecule has 1 aliphatic heterocycles. The average Bonchev–Trinajstić information content (AvgIpc) is 2.97. The number of nitrogens with zero attached hydrogens (tertiary/aromatic N) is 1. The van der Waals surface area contributed by atoms with Crippen LogP contribution < -0.4 is 4.90 Å². The van der Waals surface area contributed by atoms with E-state index in [1.807, 2.05) is 31.2 Å². The third-order valence-corrected chi connectivity index (χ3v) is 5.68. The van der Waals surface area contributed by atoms with Crippen molar-refractivity contribution in [1.29, 1.82) is 0 Å². The molecular weight excluding hydrogens is 378 g/mol. The summed E-state index contributed by atoms with van der Waals surface area (Å²) in [7, 11) is -3.91. The molecule has 0 saturated carbocycles. The van der Waals surface area contributed by atoms with E-state index in [1.54, 1.807) is 32.9 Å². The van der Waals surface area contributed by atoms with Crippen molar-refractivity contribution in [3.63, 3.8) is 0 Å². The van der Waals surface area contributed by atoms with E-state index in [9.17, 15) is 13.2 Å². The van der Waals surface area contributed by atoms with Crippen molar-refractivity contribution >= 4 is 21.9 Å². The lowest BCUT2D eigenvalue weighted by Gasteiger charge is -2.29. The first-order chi connectivity index (χ1) is 13.1. The van der Waals surface area contributed by atoms with Gasteiger partial charge in [0.25, 0.3) is 10.1 Å². The lowest BCUT2D eigenvalue weighted by atomic mass is 10.1. The summed E-state index contributed by atoms with van der Waals surface area (Å²) in [5, 5.41) is 0. The molecule has 0 N–H and O–H groups in total. The fourth-order valence-corrected chi connectivity index (χ4v) is 4.04. The molecule has 0 radical (unpaired) electrons. The van der Waals surface area contributed by atoms with E-state index in [0.29, 0.717) is 6.42 Å². The van der Waals surface area contributed by atoms with Gasteiger partial charge in [0.15, 0.2) is 0 Å². The Labute approximate surface area is 166 Å². The van der Waals surface area contributed by atoms with E-state index < -0.39 is 27.9 Å². The van der Waals surface area contributed by atoms with Crippen LogP contribution in [0.1, 0.15) is 31.9 Å². The Morgan fingerprint density at radius 3 is 2.39 bits per heavy atom. The van der Waals surface area contributed by atoms with Gasteiger partial charge in [-0.2, -0.15) is 8.42 Å². The molecular formula is C21H25NO5S. The first-order valence-corrected chi connectivity index (χ1v) is 10.5. The summed E-state index contributed by atoms with van der Waals surface area (Å²) in [4.78, 5) is 14.4. The molecule has 6 nitrogen and oxygen atoms in total. The molecule has 0 fully saturated rings. The normalized spacial score (nSPS) is 16.7. The number of amides is 1. The monoisotopic (exact) mass is 403 g/mol. The van der Waals surface area contributed by atoms with Crippen LogP contribution in [0.25, 0.3) is 0 Å². The molecule has 2 aromatic rings. The summed E-state index contributed by atoms with van der Waals surface area (Å²) in [6, 6.07) is 13.5. The third-order valence-electron chi connectivity index (χ3n) is 4.39. The van der Waals surface area contributed by atoms with E-state index in [4.69, 9.17) is 8.92 Å². The molecule has 1 heterocycles. The van der Waals surface area contributed by atoms with E-state index in [2.05, 4.69) is 0 Å². The van der Waals surface area contributed by atoms with Gasteiger partial charge in [0.05, 0.1) is 23.2 Å². The van der Waals surface area contributed by atoms with Gasteiger partial charge in [0.2, 0.25) is 0 Å². The molecule has 150 valence electrons. The van der Waals surface area contributed by atoms with Crippen LogP contribution in [0.5, 0.6) is 0 Å². The van der Waals surface area contributed by atoms with Crippen LogP contribution in [0, 0.1) is 6.92 Å². The zero-order valence-electron chi connectivity index (χ0n) is 16.5. The Balaban J connectivity index is 1.80. The van der Waals surface area contributed by atoms with Gasteiger partial charge in [-0.25, -0.2) is 4.79 Å². The molecule has 0 aromatic heterocycles. The van der Waals surface area contributed by atoms with Gasteiger partial charge in [-0.3, -0.25) is 9.08 Å². The molecule has 1 aliphatic rings. The second-order valence-electron chi connectivity index (χ2n) is 7.89. The highest BCUT2D eigenvalue weighted by Crippen LogP contribution is 2.34. The molecule has 3 rings (SSSR count). The van der Waals surface area contributed by atoms with Crippen LogP contribution in [0.3, 0.4) is 0 Å². The molecule has 2 aromatic carbocycles.